The Morgan fingerprint density at radius 1 is 1.43 bits per heavy atom. The molecule has 1 aliphatic rings. The first-order chi connectivity index (χ1) is 9.84. The topological polar surface area (TPSA) is 92.4 Å². The van der Waals surface area contributed by atoms with Crippen LogP contribution in [0.4, 0.5) is 5.69 Å². The molecular formula is C15H19ClN2O3. The summed E-state index contributed by atoms with van der Waals surface area (Å²) in [6.07, 6.45) is 3.20. The lowest BCUT2D eigenvalue weighted by Gasteiger charge is -2.39. The fourth-order valence-corrected chi connectivity index (χ4v) is 3.03. The SMILES string of the molecule is CC1(C(=O)O)CCCCC1Nc1ccc(Cl)cc1C(N)=O. The van der Waals surface area contributed by atoms with Gasteiger partial charge in [0.15, 0.2) is 0 Å². The molecule has 0 bridgehead atoms. The average molecular weight is 311 g/mol. The Bertz CT molecular complexity index is 576. The highest BCUT2D eigenvalue weighted by molar-refractivity contribution is 6.31. The van der Waals surface area contributed by atoms with Gasteiger partial charge in [-0.05, 0) is 38.0 Å². The maximum absolute atomic E-state index is 11.6. The number of nitrogens with one attached hydrogen (secondary N) is 1. The lowest BCUT2D eigenvalue weighted by molar-refractivity contribution is -0.150. The Morgan fingerprint density at radius 3 is 2.76 bits per heavy atom. The van der Waals surface area contributed by atoms with Gasteiger partial charge in [0.1, 0.15) is 0 Å². The van der Waals surface area contributed by atoms with Crippen LogP contribution in [0.15, 0.2) is 18.2 Å². The molecule has 1 aromatic rings. The number of aliphatic carboxylic acids is 1. The molecule has 2 unspecified atom stereocenters. The number of hydrogen-bond donors (Lipinski definition) is 3. The summed E-state index contributed by atoms with van der Waals surface area (Å²) in [5.41, 5.74) is 5.32. The first-order valence-electron chi connectivity index (χ1n) is 6.94. The number of amides is 1. The number of carboxylic acid groups (broad SMARTS) is 1. The van der Waals surface area contributed by atoms with Crippen molar-refractivity contribution >= 4 is 29.2 Å². The number of hydrogen-bond acceptors (Lipinski definition) is 3. The standard InChI is InChI=1S/C15H19ClN2O3/c1-15(14(20)21)7-3-2-4-12(15)18-11-6-5-9(16)8-10(11)13(17)19/h5-6,8,12,18H,2-4,7H2,1H3,(H2,17,19)(H,20,21). The highest BCUT2D eigenvalue weighted by Gasteiger charge is 2.43. The van der Waals surface area contributed by atoms with Crippen LogP contribution in [0.2, 0.25) is 5.02 Å². The summed E-state index contributed by atoms with van der Waals surface area (Å²) < 4.78 is 0. The van der Waals surface area contributed by atoms with Gasteiger partial charge in [0.2, 0.25) is 0 Å². The third-order valence-corrected chi connectivity index (χ3v) is 4.51. The monoisotopic (exact) mass is 310 g/mol. The van der Waals surface area contributed by atoms with Crippen molar-refractivity contribution in [3.05, 3.63) is 28.8 Å². The van der Waals surface area contributed by atoms with E-state index >= 15 is 0 Å². The third kappa shape index (κ3) is 3.13. The first kappa shape index (κ1) is 15.6. The molecule has 6 heteroatoms. The molecule has 1 aromatic carbocycles. The molecule has 4 N–H and O–H groups in total. The minimum atomic E-state index is -0.854. The summed E-state index contributed by atoms with van der Waals surface area (Å²) in [4.78, 5) is 23.1. The van der Waals surface area contributed by atoms with Gasteiger partial charge >= 0.3 is 5.97 Å². The van der Waals surface area contributed by atoms with Crippen molar-refractivity contribution in [2.75, 3.05) is 5.32 Å². The molecule has 0 spiro atoms. The number of nitrogens with two attached hydrogens (primary N) is 1. The summed E-state index contributed by atoms with van der Waals surface area (Å²) >= 11 is 5.88. The van der Waals surface area contributed by atoms with Crippen LogP contribution >= 0.6 is 11.6 Å². The van der Waals surface area contributed by atoms with E-state index in [0.29, 0.717) is 17.1 Å². The van der Waals surface area contributed by atoms with E-state index in [4.69, 9.17) is 17.3 Å². The summed E-state index contributed by atoms with van der Waals surface area (Å²) in [6.45, 7) is 1.74. The van der Waals surface area contributed by atoms with E-state index in [-0.39, 0.29) is 11.6 Å². The van der Waals surface area contributed by atoms with Gasteiger partial charge in [0.05, 0.1) is 11.0 Å². The van der Waals surface area contributed by atoms with Crippen LogP contribution in [-0.4, -0.2) is 23.0 Å². The van der Waals surface area contributed by atoms with Crippen LogP contribution in [0.1, 0.15) is 43.0 Å². The zero-order chi connectivity index (χ0) is 15.6. The fourth-order valence-electron chi connectivity index (χ4n) is 2.85. The Labute approximate surface area is 128 Å². The van der Waals surface area contributed by atoms with Gasteiger partial charge in [0.25, 0.3) is 5.91 Å². The summed E-state index contributed by atoms with van der Waals surface area (Å²) in [5, 5.41) is 13.1. The summed E-state index contributed by atoms with van der Waals surface area (Å²) in [7, 11) is 0. The zero-order valence-corrected chi connectivity index (χ0v) is 12.6. The number of primary amides is 1. The second kappa shape index (κ2) is 5.93. The van der Waals surface area contributed by atoms with E-state index in [0.717, 1.165) is 19.3 Å². The highest BCUT2D eigenvalue weighted by atomic mass is 35.5. The van der Waals surface area contributed by atoms with Crippen LogP contribution in [0.5, 0.6) is 0 Å². The van der Waals surface area contributed by atoms with Crippen LogP contribution in [0.25, 0.3) is 0 Å². The number of carboxylic acids is 1. The van der Waals surface area contributed by atoms with Gasteiger partial charge in [0, 0.05) is 16.8 Å². The molecule has 1 amide bonds. The van der Waals surface area contributed by atoms with E-state index in [1.165, 1.54) is 6.07 Å². The third-order valence-electron chi connectivity index (χ3n) is 4.27. The molecule has 1 fully saturated rings. The molecule has 0 saturated heterocycles. The Hall–Kier alpha value is -1.75. The van der Waals surface area contributed by atoms with Gasteiger partial charge < -0.3 is 16.2 Å². The van der Waals surface area contributed by atoms with Gasteiger partial charge in [-0.2, -0.15) is 0 Å². The number of anilines is 1. The fraction of sp³-hybridized carbons (Fsp3) is 0.467. The van der Waals surface area contributed by atoms with Gasteiger partial charge in [-0.3, -0.25) is 9.59 Å². The second-order valence-corrected chi connectivity index (χ2v) is 6.16. The Kier molecular flexibility index (Phi) is 4.42. The predicted octanol–water partition coefficient (Wildman–Crippen LogP) is 2.88. The van der Waals surface area contributed by atoms with Crippen molar-refractivity contribution in [1.82, 2.24) is 0 Å². The van der Waals surface area contributed by atoms with E-state index < -0.39 is 17.3 Å². The minimum Gasteiger partial charge on any atom is -0.481 e. The van der Waals surface area contributed by atoms with Gasteiger partial charge in [-0.25, -0.2) is 0 Å². The van der Waals surface area contributed by atoms with Crippen molar-refractivity contribution in [2.24, 2.45) is 11.1 Å². The zero-order valence-electron chi connectivity index (χ0n) is 11.9. The average Bonchev–Trinajstić information content (AvgIpc) is 2.42. The van der Waals surface area contributed by atoms with Crippen molar-refractivity contribution in [3.8, 4) is 0 Å². The van der Waals surface area contributed by atoms with Crippen LogP contribution in [0.3, 0.4) is 0 Å². The molecule has 5 nitrogen and oxygen atoms in total. The maximum atomic E-state index is 11.6. The number of carbonyl (C=O) groups excluding carboxylic acids is 1. The van der Waals surface area contributed by atoms with Crippen molar-refractivity contribution in [2.45, 2.75) is 38.6 Å². The minimum absolute atomic E-state index is 0.247. The van der Waals surface area contributed by atoms with Crippen molar-refractivity contribution in [1.29, 1.82) is 0 Å². The van der Waals surface area contributed by atoms with E-state index in [1.54, 1.807) is 19.1 Å². The molecule has 114 valence electrons. The maximum Gasteiger partial charge on any atom is 0.311 e. The van der Waals surface area contributed by atoms with E-state index in [1.807, 2.05) is 0 Å². The molecular weight excluding hydrogens is 292 g/mol. The predicted molar refractivity (Wildman–Crippen MR) is 81.6 cm³/mol. The van der Waals surface area contributed by atoms with E-state index in [2.05, 4.69) is 5.32 Å². The largest absolute Gasteiger partial charge is 0.481 e. The first-order valence-corrected chi connectivity index (χ1v) is 7.31. The molecule has 0 aliphatic heterocycles. The number of benzene rings is 1. The molecule has 2 atom stereocenters. The Morgan fingerprint density at radius 2 is 2.14 bits per heavy atom. The lowest BCUT2D eigenvalue weighted by atomic mass is 9.71. The number of halogens is 1. The van der Waals surface area contributed by atoms with Gasteiger partial charge in [-0.1, -0.05) is 24.4 Å². The second-order valence-electron chi connectivity index (χ2n) is 5.72. The summed E-state index contributed by atoms with van der Waals surface area (Å²) in [5.74, 6) is -1.41. The van der Waals surface area contributed by atoms with Crippen molar-refractivity contribution < 1.29 is 14.7 Å². The number of carbonyl (C=O) groups is 2. The molecule has 1 saturated carbocycles. The normalized spacial score (nSPS) is 25.3. The molecule has 0 radical (unpaired) electrons. The highest BCUT2D eigenvalue weighted by Crippen LogP contribution is 2.38. The van der Waals surface area contributed by atoms with E-state index in [9.17, 15) is 14.7 Å². The molecule has 0 heterocycles. The smallest absolute Gasteiger partial charge is 0.311 e. The lowest BCUT2D eigenvalue weighted by Crippen LogP contribution is -2.46. The Balaban J connectivity index is 2.32. The van der Waals surface area contributed by atoms with Crippen LogP contribution < -0.4 is 11.1 Å². The number of rotatable bonds is 4. The van der Waals surface area contributed by atoms with Gasteiger partial charge in [-0.15, -0.1) is 0 Å². The quantitative estimate of drug-likeness (QED) is 0.797. The molecule has 21 heavy (non-hydrogen) atoms. The molecule has 2 rings (SSSR count). The van der Waals surface area contributed by atoms with Crippen LogP contribution in [0, 0.1) is 5.41 Å². The summed E-state index contributed by atoms with van der Waals surface area (Å²) in [6, 6.07) is 4.56. The van der Waals surface area contributed by atoms with Crippen LogP contribution in [-0.2, 0) is 4.79 Å². The van der Waals surface area contributed by atoms with Crippen molar-refractivity contribution in [3.63, 3.8) is 0 Å². The molecule has 1 aliphatic carbocycles. The molecule has 0 aromatic heterocycles.